The molecule has 0 spiro atoms. The van der Waals surface area contributed by atoms with Gasteiger partial charge in [-0.25, -0.2) is 8.42 Å². The highest BCUT2D eigenvalue weighted by Crippen LogP contribution is 2.26. The van der Waals surface area contributed by atoms with Crippen molar-refractivity contribution in [3.63, 3.8) is 0 Å². The number of hydrogen-bond donors (Lipinski definition) is 0. The number of nitrogens with zero attached hydrogens (tertiary/aromatic N) is 2. The Hall–Kier alpha value is -1.06. The van der Waals surface area contributed by atoms with E-state index < -0.39 is 9.84 Å². The van der Waals surface area contributed by atoms with Crippen LogP contribution in [0.25, 0.3) is 0 Å². The molecule has 0 saturated carbocycles. The standard InChI is InChI=1S/C12H13BrN2O2S/c1-9-8-15(4-5-18(9,16)17)12-3-2-11(13)6-10(12)7-14/h2-3,6,9H,4-5,8H2,1H3. The number of benzene rings is 1. The minimum absolute atomic E-state index is 0.148. The van der Waals surface area contributed by atoms with Crippen molar-refractivity contribution < 1.29 is 8.42 Å². The van der Waals surface area contributed by atoms with Crippen molar-refractivity contribution in [2.75, 3.05) is 23.7 Å². The van der Waals surface area contributed by atoms with Crippen molar-refractivity contribution in [1.29, 1.82) is 5.26 Å². The fraction of sp³-hybridized carbons (Fsp3) is 0.417. The number of hydrogen-bond acceptors (Lipinski definition) is 4. The minimum atomic E-state index is -2.96. The van der Waals surface area contributed by atoms with Gasteiger partial charge in [0.1, 0.15) is 6.07 Å². The summed E-state index contributed by atoms with van der Waals surface area (Å²) in [6, 6.07) is 7.62. The van der Waals surface area contributed by atoms with Crippen molar-refractivity contribution >= 4 is 31.5 Å². The van der Waals surface area contributed by atoms with Gasteiger partial charge in [0.05, 0.1) is 22.3 Å². The molecule has 0 amide bonds. The van der Waals surface area contributed by atoms with E-state index >= 15 is 0 Å². The molecule has 0 aliphatic carbocycles. The van der Waals surface area contributed by atoms with Gasteiger partial charge in [-0.1, -0.05) is 15.9 Å². The molecule has 1 aliphatic rings. The lowest BCUT2D eigenvalue weighted by Crippen LogP contribution is -2.45. The van der Waals surface area contributed by atoms with Crippen LogP contribution in [0.4, 0.5) is 5.69 Å². The van der Waals surface area contributed by atoms with Gasteiger partial charge in [0, 0.05) is 17.6 Å². The molecule has 1 aromatic rings. The first-order valence-corrected chi connectivity index (χ1v) is 8.11. The Bertz CT molecular complexity index is 607. The molecule has 1 heterocycles. The summed E-state index contributed by atoms with van der Waals surface area (Å²) in [5.41, 5.74) is 1.37. The Balaban J connectivity index is 2.32. The Labute approximate surface area is 115 Å². The summed E-state index contributed by atoms with van der Waals surface area (Å²) in [5.74, 6) is 0.148. The molecule has 1 saturated heterocycles. The molecule has 96 valence electrons. The minimum Gasteiger partial charge on any atom is -0.368 e. The maximum absolute atomic E-state index is 11.7. The molecule has 1 atom stereocenters. The van der Waals surface area contributed by atoms with E-state index in [4.69, 9.17) is 5.26 Å². The number of sulfone groups is 1. The highest BCUT2D eigenvalue weighted by atomic mass is 79.9. The van der Waals surface area contributed by atoms with Crippen molar-refractivity contribution in [1.82, 2.24) is 0 Å². The lowest BCUT2D eigenvalue weighted by atomic mass is 10.1. The smallest absolute Gasteiger partial charge is 0.156 e. The molecule has 4 nitrogen and oxygen atoms in total. The van der Waals surface area contributed by atoms with Crippen LogP contribution in [0.2, 0.25) is 0 Å². The van der Waals surface area contributed by atoms with E-state index in [9.17, 15) is 8.42 Å². The maximum Gasteiger partial charge on any atom is 0.156 e. The fourth-order valence-electron chi connectivity index (χ4n) is 2.05. The second-order valence-corrected chi connectivity index (χ2v) is 7.85. The van der Waals surface area contributed by atoms with E-state index in [1.807, 2.05) is 17.0 Å². The number of halogens is 1. The van der Waals surface area contributed by atoms with Crippen LogP contribution in [-0.2, 0) is 9.84 Å². The zero-order valence-electron chi connectivity index (χ0n) is 9.93. The van der Waals surface area contributed by atoms with Crippen LogP contribution in [0, 0.1) is 11.3 Å². The van der Waals surface area contributed by atoms with E-state index in [1.54, 1.807) is 13.0 Å². The molecule has 18 heavy (non-hydrogen) atoms. The summed E-state index contributed by atoms with van der Waals surface area (Å²) in [6.45, 7) is 2.61. The summed E-state index contributed by atoms with van der Waals surface area (Å²) in [7, 11) is -2.96. The zero-order valence-corrected chi connectivity index (χ0v) is 12.3. The monoisotopic (exact) mass is 328 g/mol. The van der Waals surface area contributed by atoms with E-state index in [1.165, 1.54) is 0 Å². The Morgan fingerprint density at radius 2 is 2.22 bits per heavy atom. The van der Waals surface area contributed by atoms with Crippen LogP contribution in [0.5, 0.6) is 0 Å². The van der Waals surface area contributed by atoms with Gasteiger partial charge in [-0.05, 0) is 25.1 Å². The van der Waals surface area contributed by atoms with Crippen LogP contribution in [0.1, 0.15) is 12.5 Å². The van der Waals surface area contributed by atoms with E-state index in [2.05, 4.69) is 22.0 Å². The van der Waals surface area contributed by atoms with Crippen LogP contribution in [-0.4, -0.2) is 32.5 Å². The zero-order chi connectivity index (χ0) is 13.3. The molecule has 1 aromatic carbocycles. The summed E-state index contributed by atoms with van der Waals surface area (Å²) >= 11 is 3.33. The van der Waals surface area contributed by atoms with Crippen molar-refractivity contribution in [2.24, 2.45) is 0 Å². The predicted octanol–water partition coefficient (Wildman–Crippen LogP) is 1.94. The highest BCUT2D eigenvalue weighted by molar-refractivity contribution is 9.10. The van der Waals surface area contributed by atoms with Crippen LogP contribution >= 0.6 is 15.9 Å². The van der Waals surface area contributed by atoms with Crippen molar-refractivity contribution in [2.45, 2.75) is 12.2 Å². The SMILES string of the molecule is CC1CN(c2ccc(Br)cc2C#N)CCS1(=O)=O. The van der Waals surface area contributed by atoms with Gasteiger partial charge in [-0.15, -0.1) is 0 Å². The third-order valence-electron chi connectivity index (χ3n) is 3.16. The number of rotatable bonds is 1. The third-order valence-corrected chi connectivity index (χ3v) is 5.78. The lowest BCUT2D eigenvalue weighted by Gasteiger charge is -2.33. The van der Waals surface area contributed by atoms with Crippen molar-refractivity contribution in [3.8, 4) is 6.07 Å². The molecule has 6 heteroatoms. The Kier molecular flexibility index (Phi) is 3.64. The van der Waals surface area contributed by atoms with Crippen LogP contribution in [0.15, 0.2) is 22.7 Å². The van der Waals surface area contributed by atoms with Gasteiger partial charge in [-0.3, -0.25) is 0 Å². The largest absolute Gasteiger partial charge is 0.368 e. The maximum atomic E-state index is 11.7. The van der Waals surface area contributed by atoms with Gasteiger partial charge < -0.3 is 4.90 Å². The van der Waals surface area contributed by atoms with E-state index in [0.29, 0.717) is 18.7 Å². The first kappa shape index (κ1) is 13.4. The summed E-state index contributed by atoms with van der Waals surface area (Å²) in [6.07, 6.45) is 0. The summed E-state index contributed by atoms with van der Waals surface area (Å²) < 4.78 is 24.2. The molecular weight excluding hydrogens is 316 g/mol. The van der Waals surface area contributed by atoms with Crippen LogP contribution < -0.4 is 4.90 Å². The molecular formula is C12H13BrN2O2S. The quantitative estimate of drug-likeness (QED) is 0.790. The molecule has 0 N–H and O–H groups in total. The normalized spacial score (nSPS) is 22.5. The van der Waals surface area contributed by atoms with Gasteiger partial charge in [-0.2, -0.15) is 5.26 Å². The molecule has 1 fully saturated rings. The topological polar surface area (TPSA) is 61.2 Å². The fourth-order valence-corrected chi connectivity index (χ4v) is 3.69. The number of nitriles is 1. The average molecular weight is 329 g/mol. The van der Waals surface area contributed by atoms with Gasteiger partial charge >= 0.3 is 0 Å². The summed E-state index contributed by atoms with van der Waals surface area (Å²) in [5, 5.41) is 8.74. The first-order chi connectivity index (χ1) is 8.44. The molecule has 0 aromatic heterocycles. The molecule has 2 rings (SSSR count). The molecule has 1 aliphatic heterocycles. The molecule has 1 unspecified atom stereocenters. The Morgan fingerprint density at radius 3 is 2.83 bits per heavy atom. The van der Waals surface area contributed by atoms with Crippen LogP contribution in [0.3, 0.4) is 0 Å². The first-order valence-electron chi connectivity index (χ1n) is 5.60. The highest BCUT2D eigenvalue weighted by Gasteiger charge is 2.30. The second-order valence-electron chi connectivity index (χ2n) is 4.40. The predicted molar refractivity (Wildman–Crippen MR) is 74.3 cm³/mol. The lowest BCUT2D eigenvalue weighted by molar-refractivity contribution is 0.569. The molecule has 0 radical (unpaired) electrons. The van der Waals surface area contributed by atoms with Crippen molar-refractivity contribution in [3.05, 3.63) is 28.2 Å². The van der Waals surface area contributed by atoms with Gasteiger partial charge in [0.15, 0.2) is 9.84 Å². The molecule has 0 bridgehead atoms. The van der Waals surface area contributed by atoms with Gasteiger partial charge in [0.25, 0.3) is 0 Å². The van der Waals surface area contributed by atoms with Gasteiger partial charge in [0.2, 0.25) is 0 Å². The van der Waals surface area contributed by atoms with E-state index in [-0.39, 0.29) is 11.0 Å². The third kappa shape index (κ3) is 2.52. The second kappa shape index (κ2) is 4.90. The average Bonchev–Trinajstić information content (AvgIpc) is 2.33. The van der Waals surface area contributed by atoms with E-state index in [0.717, 1.165) is 10.2 Å². The summed E-state index contributed by atoms with van der Waals surface area (Å²) in [4.78, 5) is 1.97. The number of anilines is 1. The Morgan fingerprint density at radius 1 is 1.50 bits per heavy atom.